The topological polar surface area (TPSA) is 125 Å². The van der Waals surface area contributed by atoms with Gasteiger partial charge in [-0.2, -0.15) is 5.10 Å². The van der Waals surface area contributed by atoms with Crippen molar-refractivity contribution in [3.63, 3.8) is 0 Å². The van der Waals surface area contributed by atoms with Gasteiger partial charge in [0, 0.05) is 0 Å². The summed E-state index contributed by atoms with van der Waals surface area (Å²) in [5, 5.41) is 8.35. The highest BCUT2D eigenvalue weighted by molar-refractivity contribution is 7.94. The van der Waals surface area contributed by atoms with Crippen LogP contribution >= 0.6 is 0 Å². The zero-order chi connectivity index (χ0) is 15.8. The standard InChI is InChI=1S/C13H14N4O4S/c18-11(14-8-10-15-12(19)17-16-10)13(6-7-13)22(20,21)9-4-2-1-3-5-9/h1-5H,6-8H2,(H,14,18)(H2,15,16,17,19). The summed E-state index contributed by atoms with van der Waals surface area (Å²) in [6.07, 6.45) is 0.570. The van der Waals surface area contributed by atoms with E-state index in [2.05, 4.69) is 20.5 Å². The Labute approximate surface area is 125 Å². The lowest BCUT2D eigenvalue weighted by Crippen LogP contribution is -2.41. The Hall–Kier alpha value is -2.42. The second-order valence-corrected chi connectivity index (χ2v) is 7.38. The van der Waals surface area contributed by atoms with Gasteiger partial charge in [0.15, 0.2) is 14.6 Å². The maximum Gasteiger partial charge on any atom is 0.340 e. The molecule has 0 aliphatic heterocycles. The first kappa shape index (κ1) is 14.5. The smallest absolute Gasteiger partial charge is 0.340 e. The third-order valence-electron chi connectivity index (χ3n) is 3.65. The van der Waals surface area contributed by atoms with Gasteiger partial charge < -0.3 is 5.32 Å². The molecule has 0 radical (unpaired) electrons. The zero-order valence-electron chi connectivity index (χ0n) is 11.5. The van der Waals surface area contributed by atoms with Gasteiger partial charge in [0.2, 0.25) is 5.91 Å². The molecule has 2 aromatic rings. The Morgan fingerprint density at radius 2 is 1.95 bits per heavy atom. The van der Waals surface area contributed by atoms with Crippen LogP contribution in [0.15, 0.2) is 40.0 Å². The molecule has 116 valence electrons. The summed E-state index contributed by atoms with van der Waals surface area (Å²) in [5.41, 5.74) is -0.484. The molecule has 1 aromatic carbocycles. The van der Waals surface area contributed by atoms with Crippen molar-refractivity contribution >= 4 is 15.7 Å². The Balaban J connectivity index is 1.78. The molecule has 22 heavy (non-hydrogen) atoms. The molecule has 1 aliphatic carbocycles. The van der Waals surface area contributed by atoms with Crippen LogP contribution in [0.2, 0.25) is 0 Å². The Bertz CT molecular complexity index is 849. The van der Waals surface area contributed by atoms with E-state index in [1.807, 2.05) is 0 Å². The first-order valence-electron chi connectivity index (χ1n) is 6.67. The quantitative estimate of drug-likeness (QED) is 0.698. The van der Waals surface area contributed by atoms with E-state index < -0.39 is 26.2 Å². The summed E-state index contributed by atoms with van der Waals surface area (Å²) in [6.45, 7) is -0.0381. The molecule has 0 bridgehead atoms. The van der Waals surface area contributed by atoms with Crippen LogP contribution in [0.4, 0.5) is 0 Å². The third-order valence-corrected chi connectivity index (χ3v) is 6.17. The van der Waals surface area contributed by atoms with Gasteiger partial charge in [-0.15, -0.1) is 0 Å². The van der Waals surface area contributed by atoms with Crippen molar-refractivity contribution in [2.45, 2.75) is 29.0 Å². The Kier molecular flexibility index (Phi) is 3.36. The molecule has 9 heteroatoms. The summed E-state index contributed by atoms with van der Waals surface area (Å²) in [6, 6.07) is 7.92. The minimum absolute atomic E-state index is 0.0381. The predicted molar refractivity (Wildman–Crippen MR) is 76.6 cm³/mol. The minimum Gasteiger partial charge on any atom is -0.347 e. The number of carbonyl (C=O) groups excluding carboxylic acids is 1. The van der Waals surface area contributed by atoms with Crippen LogP contribution in [0.25, 0.3) is 0 Å². The summed E-state index contributed by atoms with van der Waals surface area (Å²) in [4.78, 5) is 25.7. The molecule has 1 fully saturated rings. The molecule has 1 aromatic heterocycles. The number of nitrogens with one attached hydrogen (secondary N) is 3. The van der Waals surface area contributed by atoms with Crippen molar-refractivity contribution in [3.05, 3.63) is 46.6 Å². The summed E-state index contributed by atoms with van der Waals surface area (Å²) < 4.78 is 23.9. The molecule has 0 saturated heterocycles. The van der Waals surface area contributed by atoms with E-state index in [9.17, 15) is 18.0 Å². The average molecular weight is 322 g/mol. The number of hydrogen-bond acceptors (Lipinski definition) is 5. The van der Waals surface area contributed by atoms with Gasteiger partial charge in [0.25, 0.3) is 0 Å². The van der Waals surface area contributed by atoms with Crippen molar-refractivity contribution in [1.82, 2.24) is 20.5 Å². The van der Waals surface area contributed by atoms with Crippen molar-refractivity contribution in [2.75, 3.05) is 0 Å². The number of hydrogen-bond donors (Lipinski definition) is 3. The number of rotatable bonds is 5. The number of H-pyrrole nitrogens is 2. The second-order valence-electron chi connectivity index (χ2n) is 5.12. The third kappa shape index (κ3) is 2.33. The van der Waals surface area contributed by atoms with E-state index in [0.717, 1.165) is 0 Å². The number of amides is 1. The number of nitrogens with zero attached hydrogens (tertiary/aromatic N) is 1. The molecule has 8 nitrogen and oxygen atoms in total. The molecular formula is C13H14N4O4S. The van der Waals surface area contributed by atoms with Gasteiger partial charge in [-0.1, -0.05) is 18.2 Å². The first-order chi connectivity index (χ1) is 10.5. The highest BCUT2D eigenvalue weighted by Gasteiger charge is 2.61. The van der Waals surface area contributed by atoms with Crippen molar-refractivity contribution in [3.8, 4) is 0 Å². The minimum atomic E-state index is -3.74. The van der Waals surface area contributed by atoms with E-state index in [-0.39, 0.29) is 30.1 Å². The molecule has 0 unspecified atom stereocenters. The van der Waals surface area contributed by atoms with Crippen LogP contribution in [0.3, 0.4) is 0 Å². The molecule has 1 heterocycles. The maximum absolute atomic E-state index is 12.6. The number of sulfone groups is 1. The molecule has 1 amide bonds. The first-order valence-corrected chi connectivity index (χ1v) is 8.16. The second kappa shape index (κ2) is 5.09. The van der Waals surface area contributed by atoms with E-state index in [0.29, 0.717) is 0 Å². The van der Waals surface area contributed by atoms with Crippen molar-refractivity contribution in [2.24, 2.45) is 0 Å². The van der Waals surface area contributed by atoms with Gasteiger partial charge >= 0.3 is 5.69 Å². The highest BCUT2D eigenvalue weighted by atomic mass is 32.2. The van der Waals surface area contributed by atoms with Crippen LogP contribution < -0.4 is 11.0 Å². The highest BCUT2D eigenvalue weighted by Crippen LogP contribution is 2.46. The monoisotopic (exact) mass is 322 g/mol. The SMILES string of the molecule is O=C(NCc1n[nH]c(=O)[nH]1)C1(S(=O)(=O)c2ccccc2)CC1. The fraction of sp³-hybridized carbons (Fsp3) is 0.308. The molecule has 3 rings (SSSR count). The Morgan fingerprint density at radius 3 is 2.50 bits per heavy atom. The van der Waals surface area contributed by atoms with Crippen LogP contribution in [0.5, 0.6) is 0 Å². The van der Waals surface area contributed by atoms with E-state index >= 15 is 0 Å². The van der Waals surface area contributed by atoms with Gasteiger partial charge in [-0.3, -0.25) is 9.78 Å². The van der Waals surface area contributed by atoms with Gasteiger partial charge in [-0.25, -0.2) is 18.3 Å². The van der Waals surface area contributed by atoms with Gasteiger partial charge in [0.05, 0.1) is 11.4 Å². The summed E-state index contributed by atoms with van der Waals surface area (Å²) in [5.74, 6) is -0.327. The number of aromatic nitrogens is 3. The summed E-state index contributed by atoms with van der Waals surface area (Å²) >= 11 is 0. The lowest BCUT2D eigenvalue weighted by atomic mass is 10.3. The molecule has 0 atom stereocenters. The van der Waals surface area contributed by atoms with Crippen LogP contribution in [-0.4, -0.2) is 34.3 Å². The van der Waals surface area contributed by atoms with E-state index in [1.54, 1.807) is 18.2 Å². The predicted octanol–water partition coefficient (Wildman–Crippen LogP) is -0.279. The van der Waals surface area contributed by atoms with E-state index in [4.69, 9.17) is 0 Å². The van der Waals surface area contributed by atoms with Crippen LogP contribution in [0.1, 0.15) is 18.7 Å². The van der Waals surface area contributed by atoms with Crippen LogP contribution in [0, 0.1) is 0 Å². The van der Waals surface area contributed by atoms with Crippen LogP contribution in [-0.2, 0) is 21.2 Å². The Morgan fingerprint density at radius 1 is 1.27 bits per heavy atom. The average Bonchev–Trinajstić information content (AvgIpc) is 3.24. The van der Waals surface area contributed by atoms with Crippen molar-refractivity contribution < 1.29 is 13.2 Å². The maximum atomic E-state index is 12.6. The lowest BCUT2D eigenvalue weighted by molar-refractivity contribution is -0.121. The molecular weight excluding hydrogens is 308 g/mol. The number of carbonyl (C=O) groups is 1. The lowest BCUT2D eigenvalue weighted by Gasteiger charge is -2.15. The number of benzene rings is 1. The largest absolute Gasteiger partial charge is 0.347 e. The van der Waals surface area contributed by atoms with E-state index in [1.165, 1.54) is 12.1 Å². The zero-order valence-corrected chi connectivity index (χ0v) is 12.3. The summed E-state index contributed by atoms with van der Waals surface area (Å²) in [7, 11) is -3.74. The normalized spacial score (nSPS) is 16.2. The molecule has 0 spiro atoms. The fourth-order valence-corrected chi connectivity index (χ4v) is 4.19. The molecule has 3 N–H and O–H groups in total. The fourth-order valence-electron chi connectivity index (χ4n) is 2.27. The van der Waals surface area contributed by atoms with Crippen molar-refractivity contribution in [1.29, 1.82) is 0 Å². The van der Waals surface area contributed by atoms with Gasteiger partial charge in [-0.05, 0) is 25.0 Å². The van der Waals surface area contributed by atoms with Gasteiger partial charge in [0.1, 0.15) is 5.82 Å². The molecule has 1 saturated carbocycles. The number of aromatic amines is 2. The molecule has 1 aliphatic rings.